The van der Waals surface area contributed by atoms with Crippen molar-refractivity contribution in [3.05, 3.63) is 51.3 Å². The fourth-order valence-corrected chi connectivity index (χ4v) is 1.86. The molecule has 0 atom stereocenters. The van der Waals surface area contributed by atoms with Gasteiger partial charge in [-0.25, -0.2) is 9.37 Å². The Morgan fingerprint density at radius 2 is 2.14 bits per heavy atom. The first-order valence-electron chi connectivity index (χ1n) is 6.12. The van der Waals surface area contributed by atoms with Gasteiger partial charge in [0, 0.05) is 18.3 Å². The van der Waals surface area contributed by atoms with Crippen LogP contribution in [0.15, 0.2) is 30.3 Å². The standard InChI is InChI=1S/C13H12ClFN4O2/c1-2-16-12-6-5-11(19(20)21)13(18-12)17-8-3-4-10(15)9(14)7-8/h3-7H,2H2,1H3,(H2,16,17,18). The highest BCUT2D eigenvalue weighted by Gasteiger charge is 2.16. The zero-order valence-electron chi connectivity index (χ0n) is 11.1. The smallest absolute Gasteiger partial charge is 0.311 e. The SMILES string of the molecule is CCNc1ccc([N+](=O)[O-])c(Nc2ccc(F)c(Cl)c2)n1. The van der Waals surface area contributed by atoms with Gasteiger partial charge in [0.25, 0.3) is 0 Å². The molecule has 6 nitrogen and oxygen atoms in total. The van der Waals surface area contributed by atoms with Crippen LogP contribution in [0.3, 0.4) is 0 Å². The predicted molar refractivity (Wildman–Crippen MR) is 79.7 cm³/mol. The minimum atomic E-state index is -0.564. The number of aromatic nitrogens is 1. The fourth-order valence-electron chi connectivity index (χ4n) is 1.68. The first-order valence-corrected chi connectivity index (χ1v) is 6.50. The summed E-state index contributed by atoms with van der Waals surface area (Å²) >= 11 is 5.68. The summed E-state index contributed by atoms with van der Waals surface area (Å²) in [5.41, 5.74) is 0.225. The van der Waals surface area contributed by atoms with Crippen LogP contribution in [0.5, 0.6) is 0 Å². The number of benzene rings is 1. The fraction of sp³-hybridized carbons (Fsp3) is 0.154. The van der Waals surface area contributed by atoms with Gasteiger partial charge in [-0.3, -0.25) is 10.1 Å². The Balaban J connectivity index is 2.37. The minimum Gasteiger partial charge on any atom is -0.370 e. The second-order valence-corrected chi connectivity index (χ2v) is 4.51. The van der Waals surface area contributed by atoms with Gasteiger partial charge in [0.15, 0.2) is 0 Å². The molecule has 8 heteroatoms. The van der Waals surface area contributed by atoms with Crippen LogP contribution < -0.4 is 10.6 Å². The molecule has 2 rings (SSSR count). The number of hydrogen-bond donors (Lipinski definition) is 2. The van der Waals surface area contributed by atoms with Crippen LogP contribution >= 0.6 is 11.6 Å². The molecule has 0 aliphatic carbocycles. The normalized spacial score (nSPS) is 10.2. The van der Waals surface area contributed by atoms with E-state index in [1.54, 1.807) is 0 Å². The quantitative estimate of drug-likeness (QED) is 0.645. The maximum absolute atomic E-state index is 13.1. The molecular formula is C13H12ClFN4O2. The molecule has 1 heterocycles. The lowest BCUT2D eigenvalue weighted by atomic mass is 10.3. The third-order valence-electron chi connectivity index (χ3n) is 2.61. The third kappa shape index (κ3) is 3.57. The summed E-state index contributed by atoms with van der Waals surface area (Å²) in [4.78, 5) is 14.6. The number of halogens is 2. The van der Waals surface area contributed by atoms with E-state index in [2.05, 4.69) is 15.6 Å². The summed E-state index contributed by atoms with van der Waals surface area (Å²) in [6.45, 7) is 2.52. The van der Waals surface area contributed by atoms with Crippen molar-refractivity contribution < 1.29 is 9.31 Å². The lowest BCUT2D eigenvalue weighted by Gasteiger charge is -2.09. The Hall–Kier alpha value is -2.41. The third-order valence-corrected chi connectivity index (χ3v) is 2.90. The molecule has 21 heavy (non-hydrogen) atoms. The number of nitrogens with zero attached hydrogens (tertiary/aromatic N) is 2. The van der Waals surface area contributed by atoms with Gasteiger partial charge in [-0.1, -0.05) is 11.6 Å². The van der Waals surface area contributed by atoms with Gasteiger partial charge in [0.05, 0.1) is 9.95 Å². The van der Waals surface area contributed by atoms with E-state index in [0.717, 1.165) is 0 Å². The number of rotatable bonds is 5. The Bertz CT molecular complexity index is 681. The van der Waals surface area contributed by atoms with Crippen molar-refractivity contribution in [2.45, 2.75) is 6.92 Å². The molecule has 0 spiro atoms. The molecule has 1 aromatic heterocycles. The maximum Gasteiger partial charge on any atom is 0.311 e. The van der Waals surface area contributed by atoms with Crippen molar-refractivity contribution >= 4 is 34.6 Å². The average molecular weight is 311 g/mol. The van der Waals surface area contributed by atoms with E-state index in [4.69, 9.17) is 11.6 Å². The van der Waals surface area contributed by atoms with Crippen LogP contribution in [0, 0.1) is 15.9 Å². The monoisotopic (exact) mass is 310 g/mol. The van der Waals surface area contributed by atoms with Gasteiger partial charge in [-0.15, -0.1) is 0 Å². The zero-order chi connectivity index (χ0) is 15.4. The Morgan fingerprint density at radius 3 is 2.76 bits per heavy atom. The molecule has 0 saturated carbocycles. The first-order chi connectivity index (χ1) is 10.0. The van der Waals surface area contributed by atoms with Crippen LogP contribution in [0.1, 0.15) is 6.92 Å². The Labute approximate surface area is 125 Å². The highest BCUT2D eigenvalue weighted by Crippen LogP contribution is 2.28. The topological polar surface area (TPSA) is 80.1 Å². The van der Waals surface area contributed by atoms with Crippen molar-refractivity contribution in [3.63, 3.8) is 0 Å². The van der Waals surface area contributed by atoms with Crippen LogP contribution in [0.4, 0.5) is 27.4 Å². The van der Waals surface area contributed by atoms with E-state index in [1.165, 1.54) is 30.3 Å². The molecule has 0 aliphatic rings. The molecule has 0 bridgehead atoms. The first kappa shape index (κ1) is 15.0. The van der Waals surface area contributed by atoms with Crippen LogP contribution in [-0.4, -0.2) is 16.5 Å². The molecule has 0 aliphatic heterocycles. The number of nitrogens with one attached hydrogen (secondary N) is 2. The van der Waals surface area contributed by atoms with Crippen molar-refractivity contribution in [1.82, 2.24) is 4.98 Å². The summed E-state index contributed by atoms with van der Waals surface area (Å²) in [6, 6.07) is 6.79. The summed E-state index contributed by atoms with van der Waals surface area (Å²) in [5, 5.41) is 16.7. The number of pyridine rings is 1. The van der Waals surface area contributed by atoms with Crippen LogP contribution in [-0.2, 0) is 0 Å². The highest BCUT2D eigenvalue weighted by atomic mass is 35.5. The lowest BCUT2D eigenvalue weighted by Crippen LogP contribution is -2.04. The maximum atomic E-state index is 13.1. The molecule has 0 unspecified atom stereocenters. The van der Waals surface area contributed by atoms with Crippen LogP contribution in [0.2, 0.25) is 5.02 Å². The lowest BCUT2D eigenvalue weighted by molar-refractivity contribution is -0.384. The van der Waals surface area contributed by atoms with Gasteiger partial charge < -0.3 is 10.6 Å². The van der Waals surface area contributed by atoms with Crippen molar-refractivity contribution in [2.75, 3.05) is 17.2 Å². The molecular weight excluding hydrogens is 299 g/mol. The van der Waals surface area contributed by atoms with E-state index in [1.807, 2.05) is 6.92 Å². The van der Waals surface area contributed by atoms with E-state index < -0.39 is 10.7 Å². The Kier molecular flexibility index (Phi) is 4.54. The van der Waals surface area contributed by atoms with Gasteiger partial charge >= 0.3 is 5.69 Å². The zero-order valence-corrected chi connectivity index (χ0v) is 11.8. The van der Waals surface area contributed by atoms with Crippen molar-refractivity contribution in [3.8, 4) is 0 Å². The molecule has 0 saturated heterocycles. The van der Waals surface area contributed by atoms with Gasteiger partial charge in [0.1, 0.15) is 11.6 Å². The Morgan fingerprint density at radius 1 is 1.38 bits per heavy atom. The number of hydrogen-bond acceptors (Lipinski definition) is 5. The molecule has 1 aromatic carbocycles. The molecule has 110 valence electrons. The van der Waals surface area contributed by atoms with Gasteiger partial charge in [-0.05, 0) is 31.2 Å². The summed E-state index contributed by atoms with van der Waals surface area (Å²) < 4.78 is 13.1. The van der Waals surface area contributed by atoms with E-state index in [9.17, 15) is 14.5 Å². The molecule has 0 radical (unpaired) electrons. The van der Waals surface area contributed by atoms with E-state index in [0.29, 0.717) is 18.1 Å². The average Bonchev–Trinajstić information content (AvgIpc) is 2.43. The summed E-state index contributed by atoms with van der Waals surface area (Å²) in [5.74, 6) is -0.00832. The largest absolute Gasteiger partial charge is 0.370 e. The van der Waals surface area contributed by atoms with E-state index >= 15 is 0 Å². The minimum absolute atomic E-state index is 0.0566. The van der Waals surface area contributed by atoms with Crippen molar-refractivity contribution in [2.24, 2.45) is 0 Å². The summed E-state index contributed by atoms with van der Waals surface area (Å²) in [7, 11) is 0. The molecule has 2 aromatic rings. The highest BCUT2D eigenvalue weighted by molar-refractivity contribution is 6.31. The number of anilines is 3. The molecule has 2 N–H and O–H groups in total. The van der Waals surface area contributed by atoms with Crippen molar-refractivity contribution in [1.29, 1.82) is 0 Å². The van der Waals surface area contributed by atoms with E-state index in [-0.39, 0.29) is 16.5 Å². The van der Waals surface area contributed by atoms with Gasteiger partial charge in [-0.2, -0.15) is 0 Å². The van der Waals surface area contributed by atoms with Crippen LogP contribution in [0.25, 0.3) is 0 Å². The molecule has 0 fully saturated rings. The summed E-state index contributed by atoms with van der Waals surface area (Å²) in [6.07, 6.45) is 0. The number of nitro groups is 1. The van der Waals surface area contributed by atoms with Gasteiger partial charge in [0.2, 0.25) is 5.82 Å². The second kappa shape index (κ2) is 6.36. The predicted octanol–water partition coefficient (Wildman–Crippen LogP) is 3.96. The molecule has 0 amide bonds. The second-order valence-electron chi connectivity index (χ2n) is 4.11.